The van der Waals surface area contributed by atoms with Gasteiger partial charge in [-0.25, -0.2) is 9.13 Å². The second-order valence-electron chi connectivity index (χ2n) is 30.8. The van der Waals surface area contributed by atoms with Gasteiger partial charge in [0.05, 0.1) is 26.4 Å². The Balaban J connectivity index is 5.23. The first-order chi connectivity index (χ1) is 49.4. The minimum Gasteiger partial charge on any atom is -0.462 e. The van der Waals surface area contributed by atoms with Crippen molar-refractivity contribution in [3.05, 3.63) is 0 Å². The van der Waals surface area contributed by atoms with Crippen LogP contribution in [0.4, 0.5) is 0 Å². The van der Waals surface area contributed by atoms with Crippen molar-refractivity contribution in [3.63, 3.8) is 0 Å². The van der Waals surface area contributed by atoms with E-state index in [0.29, 0.717) is 31.6 Å². The van der Waals surface area contributed by atoms with Crippen molar-refractivity contribution in [2.24, 2.45) is 11.8 Å². The maximum absolute atomic E-state index is 13.1. The van der Waals surface area contributed by atoms with Crippen LogP contribution in [0.2, 0.25) is 0 Å². The summed E-state index contributed by atoms with van der Waals surface area (Å²) >= 11 is 0. The minimum absolute atomic E-state index is 0.107. The number of rotatable bonds is 82. The highest BCUT2D eigenvalue weighted by molar-refractivity contribution is 7.47. The molecule has 0 bridgehead atoms. The zero-order valence-electron chi connectivity index (χ0n) is 66.9. The number of carbonyl (C=O) groups is 4. The number of phosphoric acid groups is 2. The molecule has 17 nitrogen and oxygen atoms in total. The van der Waals surface area contributed by atoms with Gasteiger partial charge in [-0.15, -0.1) is 0 Å². The Morgan fingerprint density at radius 1 is 0.265 bits per heavy atom. The fourth-order valence-corrected chi connectivity index (χ4v) is 14.5. The van der Waals surface area contributed by atoms with Gasteiger partial charge in [-0.05, 0) is 37.5 Å². The van der Waals surface area contributed by atoms with Crippen molar-refractivity contribution in [3.8, 4) is 0 Å². The number of carbonyl (C=O) groups excluding carboxylic acids is 4. The van der Waals surface area contributed by atoms with Gasteiger partial charge in [-0.1, -0.05) is 388 Å². The maximum Gasteiger partial charge on any atom is 0.472 e. The first kappa shape index (κ1) is 100. The molecule has 0 spiro atoms. The Morgan fingerprint density at radius 2 is 0.451 bits per heavy atom. The van der Waals surface area contributed by atoms with Crippen LogP contribution >= 0.6 is 15.6 Å². The SMILES string of the molecule is CCCCCCCCCCCCCCCCCCCCCC(=O)OC[C@H](COP(=O)(O)OC[C@@H](O)COP(=O)(O)OC[C@@H](COC(=O)CCCCCCCCCC(C)C)OC(=O)CCCCCCCCCCCCCCCC)OC(=O)CCCCCCCCCCCCCCCCCCC(C)C. The number of hydrogen-bond acceptors (Lipinski definition) is 15. The van der Waals surface area contributed by atoms with Crippen molar-refractivity contribution < 1.29 is 80.2 Å². The van der Waals surface area contributed by atoms with Crippen molar-refractivity contribution >= 4 is 39.5 Å². The highest BCUT2D eigenvalue weighted by Crippen LogP contribution is 2.45. The molecule has 0 saturated heterocycles. The van der Waals surface area contributed by atoms with Crippen molar-refractivity contribution in [1.29, 1.82) is 0 Å². The average molecular weight is 1490 g/mol. The molecule has 102 heavy (non-hydrogen) atoms. The summed E-state index contributed by atoms with van der Waals surface area (Å²) in [5, 5.41) is 10.7. The highest BCUT2D eigenvalue weighted by Gasteiger charge is 2.30. The third-order valence-corrected chi connectivity index (χ3v) is 21.4. The minimum atomic E-state index is -4.96. The average Bonchev–Trinajstić information content (AvgIpc) is 0.908. The molecular formula is C83H162O17P2. The van der Waals surface area contributed by atoms with Crippen LogP contribution in [-0.2, 0) is 65.4 Å². The molecule has 0 radical (unpaired) electrons. The summed E-state index contributed by atoms with van der Waals surface area (Å²) in [7, 11) is -9.92. The lowest BCUT2D eigenvalue weighted by molar-refractivity contribution is -0.161. The van der Waals surface area contributed by atoms with E-state index in [1.54, 1.807) is 0 Å². The fourth-order valence-electron chi connectivity index (χ4n) is 12.9. The van der Waals surface area contributed by atoms with Gasteiger partial charge in [0, 0.05) is 25.7 Å². The van der Waals surface area contributed by atoms with Gasteiger partial charge in [0.25, 0.3) is 0 Å². The van der Waals surface area contributed by atoms with Crippen molar-refractivity contribution in [1.82, 2.24) is 0 Å². The molecule has 0 amide bonds. The standard InChI is InChI=1S/C83H162O17P2/c1-7-9-11-13-15-17-19-21-23-24-25-26-30-34-37-41-47-53-59-65-80(85)93-71-78(99-82(87)68-62-56-49-43-39-35-31-28-27-29-32-36-40-45-51-57-63-75(3)4)73-97-101(89,90)95-69-77(84)70-96-102(91,92)98-74-79(72-94-81(86)66-60-54-50-44-46-52-58-64-76(5)6)100-83(88)67-61-55-48-42-38-33-22-20-18-16-14-12-10-8-2/h75-79,84H,7-74H2,1-6H3,(H,89,90)(H,91,92)/t77-,78-,79-/m1/s1. The number of hydrogen-bond donors (Lipinski definition) is 3. The second-order valence-corrected chi connectivity index (χ2v) is 33.7. The predicted molar refractivity (Wildman–Crippen MR) is 418 cm³/mol. The number of phosphoric ester groups is 2. The molecule has 3 N–H and O–H groups in total. The molecule has 0 fully saturated rings. The van der Waals surface area contributed by atoms with E-state index in [-0.39, 0.29) is 25.7 Å². The Bertz CT molecular complexity index is 1960. The first-order valence-electron chi connectivity index (χ1n) is 43.0. The molecule has 606 valence electrons. The Labute approximate surface area is 626 Å². The molecule has 0 rings (SSSR count). The molecule has 2 unspecified atom stereocenters. The van der Waals surface area contributed by atoms with Gasteiger partial charge in [0.15, 0.2) is 12.2 Å². The van der Waals surface area contributed by atoms with Crippen molar-refractivity contribution in [2.45, 2.75) is 458 Å². The maximum atomic E-state index is 13.1. The molecule has 0 aliphatic carbocycles. The number of ether oxygens (including phenoxy) is 4. The summed E-state index contributed by atoms with van der Waals surface area (Å²) in [5.41, 5.74) is 0. The summed E-state index contributed by atoms with van der Waals surface area (Å²) < 4.78 is 68.8. The lowest BCUT2D eigenvalue weighted by atomic mass is 10.0. The molecule has 0 aliphatic rings. The van der Waals surface area contributed by atoms with Gasteiger partial charge in [-0.2, -0.15) is 0 Å². The highest BCUT2D eigenvalue weighted by atomic mass is 31.2. The monoisotopic (exact) mass is 1490 g/mol. The normalized spacial score (nSPS) is 13.9. The Hall–Kier alpha value is -1.94. The fraction of sp³-hybridized carbons (Fsp3) is 0.952. The second kappa shape index (κ2) is 74.5. The lowest BCUT2D eigenvalue weighted by Crippen LogP contribution is -2.30. The quantitative estimate of drug-likeness (QED) is 0.0222. The van der Waals surface area contributed by atoms with E-state index in [0.717, 1.165) is 102 Å². The van der Waals surface area contributed by atoms with Gasteiger partial charge >= 0.3 is 39.5 Å². The van der Waals surface area contributed by atoms with Gasteiger partial charge in [0.2, 0.25) is 0 Å². The largest absolute Gasteiger partial charge is 0.472 e. The molecule has 0 aliphatic heterocycles. The number of aliphatic hydroxyl groups excluding tert-OH is 1. The molecule has 0 heterocycles. The Kier molecular flexibility index (Phi) is 73.1. The van der Waals surface area contributed by atoms with Crippen LogP contribution in [-0.4, -0.2) is 96.7 Å². The summed E-state index contributed by atoms with van der Waals surface area (Å²) in [5.74, 6) is -0.592. The number of unbranched alkanes of at least 4 members (excludes halogenated alkanes) is 52. The predicted octanol–water partition coefficient (Wildman–Crippen LogP) is 25.1. The first-order valence-corrected chi connectivity index (χ1v) is 46.0. The van der Waals surface area contributed by atoms with Crippen LogP contribution < -0.4 is 0 Å². The molecule has 0 aromatic carbocycles. The van der Waals surface area contributed by atoms with Crippen LogP contribution in [0.1, 0.15) is 440 Å². The third-order valence-electron chi connectivity index (χ3n) is 19.5. The summed E-state index contributed by atoms with van der Waals surface area (Å²) in [6.45, 7) is 9.63. The number of esters is 4. The lowest BCUT2D eigenvalue weighted by Gasteiger charge is -2.21. The van der Waals surface area contributed by atoms with Crippen LogP contribution in [0.15, 0.2) is 0 Å². The molecule has 19 heteroatoms. The van der Waals surface area contributed by atoms with E-state index in [9.17, 15) is 43.2 Å². The summed E-state index contributed by atoms with van der Waals surface area (Å²) in [4.78, 5) is 73.1. The van der Waals surface area contributed by atoms with Crippen LogP contribution in [0.5, 0.6) is 0 Å². The van der Waals surface area contributed by atoms with E-state index in [1.165, 1.54) is 250 Å². The molecular weight excluding hydrogens is 1330 g/mol. The zero-order valence-corrected chi connectivity index (χ0v) is 68.7. The summed E-state index contributed by atoms with van der Waals surface area (Å²) in [6.07, 6.45) is 65.3. The molecule has 0 aromatic rings. The van der Waals surface area contributed by atoms with Crippen LogP contribution in [0.25, 0.3) is 0 Å². The van der Waals surface area contributed by atoms with Gasteiger partial charge < -0.3 is 33.8 Å². The summed E-state index contributed by atoms with van der Waals surface area (Å²) in [6, 6.07) is 0. The molecule has 5 atom stereocenters. The molecule has 0 aromatic heterocycles. The van der Waals surface area contributed by atoms with Crippen LogP contribution in [0, 0.1) is 11.8 Å². The zero-order chi connectivity index (χ0) is 74.9. The molecule has 0 saturated carbocycles. The van der Waals surface area contributed by atoms with E-state index < -0.39 is 97.5 Å². The van der Waals surface area contributed by atoms with E-state index >= 15 is 0 Å². The number of aliphatic hydroxyl groups is 1. The third kappa shape index (κ3) is 76.3. The van der Waals surface area contributed by atoms with Gasteiger partial charge in [0.1, 0.15) is 19.3 Å². The van der Waals surface area contributed by atoms with E-state index in [1.807, 2.05) is 0 Å². The topological polar surface area (TPSA) is 237 Å². The smallest absolute Gasteiger partial charge is 0.462 e. The van der Waals surface area contributed by atoms with Crippen LogP contribution in [0.3, 0.4) is 0 Å². The van der Waals surface area contributed by atoms with E-state index in [4.69, 9.17) is 37.0 Å². The van der Waals surface area contributed by atoms with Crippen molar-refractivity contribution in [2.75, 3.05) is 39.6 Å². The van der Waals surface area contributed by atoms with Gasteiger partial charge in [-0.3, -0.25) is 37.3 Å². The Morgan fingerprint density at radius 3 is 0.667 bits per heavy atom. The van der Waals surface area contributed by atoms with E-state index in [2.05, 4.69) is 41.5 Å².